The number of nitrogens with zero attached hydrogens (tertiary/aromatic N) is 2. The van der Waals surface area contributed by atoms with Gasteiger partial charge in [0.1, 0.15) is 0 Å². The van der Waals surface area contributed by atoms with E-state index in [0.29, 0.717) is 35.3 Å². The fourth-order valence-corrected chi connectivity index (χ4v) is 5.52. The monoisotopic (exact) mass is 467 g/mol. The van der Waals surface area contributed by atoms with Crippen LogP contribution in [0.4, 0.5) is 5.69 Å². The highest BCUT2D eigenvalue weighted by Gasteiger charge is 2.27. The third kappa shape index (κ3) is 6.21. The number of benzene rings is 2. The second-order valence-corrected chi connectivity index (χ2v) is 10.4. The van der Waals surface area contributed by atoms with Gasteiger partial charge in [-0.3, -0.25) is 4.79 Å². The van der Waals surface area contributed by atoms with Crippen LogP contribution in [0.25, 0.3) is 0 Å². The van der Waals surface area contributed by atoms with Crippen LogP contribution in [0.1, 0.15) is 12.5 Å². The summed E-state index contributed by atoms with van der Waals surface area (Å²) in [5.41, 5.74) is 1.69. The van der Waals surface area contributed by atoms with Gasteiger partial charge in [-0.2, -0.15) is 4.31 Å². The molecule has 0 atom stereocenters. The first kappa shape index (κ1) is 23.1. The Labute approximate surface area is 187 Å². The molecule has 1 heterocycles. The molecule has 1 aliphatic rings. The third-order valence-corrected chi connectivity index (χ3v) is 8.14. The molecule has 2 aromatic carbocycles. The van der Waals surface area contributed by atoms with E-state index >= 15 is 0 Å². The van der Waals surface area contributed by atoms with E-state index in [0.717, 1.165) is 25.2 Å². The first-order chi connectivity index (χ1) is 14.4. The topological polar surface area (TPSA) is 69.7 Å². The van der Waals surface area contributed by atoms with Gasteiger partial charge in [-0.05, 0) is 48.5 Å². The largest absolute Gasteiger partial charge is 0.325 e. The number of sulfonamides is 1. The Balaban J connectivity index is 1.50. The molecule has 0 radical (unpaired) electrons. The molecular weight excluding hydrogens is 442 g/mol. The van der Waals surface area contributed by atoms with Gasteiger partial charge in [0, 0.05) is 42.6 Å². The number of nitrogens with one attached hydrogen (secondary N) is 1. The standard InChI is InChI=1S/C21H26ClN3O3S2/c1-2-24-11-13-25(14-12-24)30(27,28)20-9-7-19(8-10-20)23-21(26)16-29-15-17-3-5-18(22)6-4-17/h3-10H,2,11-16H2,1H3,(H,23,26). The smallest absolute Gasteiger partial charge is 0.243 e. The van der Waals surface area contributed by atoms with E-state index in [1.54, 1.807) is 24.3 Å². The van der Waals surface area contributed by atoms with Crippen molar-refractivity contribution in [3.05, 3.63) is 59.1 Å². The molecule has 1 amide bonds. The zero-order chi connectivity index (χ0) is 21.6. The van der Waals surface area contributed by atoms with E-state index in [9.17, 15) is 13.2 Å². The van der Waals surface area contributed by atoms with Crippen LogP contribution in [0.15, 0.2) is 53.4 Å². The van der Waals surface area contributed by atoms with Gasteiger partial charge in [-0.25, -0.2) is 8.42 Å². The number of piperazine rings is 1. The number of hydrogen-bond donors (Lipinski definition) is 1. The number of carbonyl (C=O) groups is 1. The number of halogens is 1. The molecule has 1 fully saturated rings. The zero-order valence-electron chi connectivity index (χ0n) is 16.9. The molecule has 9 heteroatoms. The minimum atomic E-state index is -3.51. The predicted octanol–water partition coefficient (Wildman–Crippen LogP) is 3.54. The van der Waals surface area contributed by atoms with E-state index in [-0.39, 0.29) is 10.8 Å². The second-order valence-electron chi connectivity index (χ2n) is 7.03. The third-order valence-electron chi connectivity index (χ3n) is 4.97. The summed E-state index contributed by atoms with van der Waals surface area (Å²) in [6, 6.07) is 13.9. The first-order valence-corrected chi connectivity index (χ1v) is 12.8. The number of anilines is 1. The van der Waals surface area contributed by atoms with Crippen LogP contribution in [0.5, 0.6) is 0 Å². The van der Waals surface area contributed by atoms with Gasteiger partial charge in [0.05, 0.1) is 10.6 Å². The average molecular weight is 468 g/mol. The average Bonchev–Trinajstić information content (AvgIpc) is 2.75. The maximum absolute atomic E-state index is 12.8. The first-order valence-electron chi connectivity index (χ1n) is 9.83. The summed E-state index contributed by atoms with van der Waals surface area (Å²) in [5.74, 6) is 0.900. The Morgan fingerprint density at radius 3 is 2.27 bits per heavy atom. The molecule has 3 rings (SSSR count). The maximum Gasteiger partial charge on any atom is 0.243 e. The van der Waals surface area contributed by atoms with Crippen molar-refractivity contribution < 1.29 is 13.2 Å². The van der Waals surface area contributed by atoms with E-state index in [1.165, 1.54) is 16.1 Å². The molecule has 6 nitrogen and oxygen atoms in total. The normalized spacial score (nSPS) is 15.8. The van der Waals surface area contributed by atoms with E-state index in [1.807, 2.05) is 24.3 Å². The lowest BCUT2D eigenvalue weighted by Crippen LogP contribution is -2.48. The summed E-state index contributed by atoms with van der Waals surface area (Å²) in [6.45, 7) is 5.50. The van der Waals surface area contributed by atoms with Crippen LogP contribution < -0.4 is 5.32 Å². The summed E-state index contributed by atoms with van der Waals surface area (Å²) in [6.07, 6.45) is 0. The Morgan fingerprint density at radius 1 is 1.03 bits per heavy atom. The molecule has 0 bridgehead atoms. The molecule has 1 aliphatic heterocycles. The fourth-order valence-electron chi connectivity index (χ4n) is 3.18. The minimum absolute atomic E-state index is 0.125. The van der Waals surface area contributed by atoms with Crippen molar-refractivity contribution in [3.63, 3.8) is 0 Å². The molecular formula is C21H26ClN3O3S2. The molecule has 0 spiro atoms. The molecule has 0 saturated carbocycles. The van der Waals surface area contributed by atoms with Crippen molar-refractivity contribution in [1.29, 1.82) is 0 Å². The molecule has 0 unspecified atom stereocenters. The summed E-state index contributed by atoms with van der Waals surface area (Å²) in [5, 5.41) is 3.50. The van der Waals surface area contributed by atoms with Crippen molar-refractivity contribution in [2.45, 2.75) is 17.6 Å². The molecule has 1 saturated heterocycles. The van der Waals surface area contributed by atoms with Crippen LogP contribution in [0.3, 0.4) is 0 Å². The minimum Gasteiger partial charge on any atom is -0.325 e. The summed E-state index contributed by atoms with van der Waals surface area (Å²) < 4.78 is 27.2. The molecule has 0 aromatic heterocycles. The zero-order valence-corrected chi connectivity index (χ0v) is 19.3. The SMILES string of the molecule is CCN1CCN(S(=O)(=O)c2ccc(NC(=O)CSCc3ccc(Cl)cc3)cc2)CC1. The maximum atomic E-state index is 12.8. The van der Waals surface area contributed by atoms with Gasteiger partial charge in [-0.1, -0.05) is 30.7 Å². The van der Waals surface area contributed by atoms with Crippen LogP contribution in [-0.2, 0) is 20.6 Å². The highest BCUT2D eigenvalue weighted by Crippen LogP contribution is 2.20. The van der Waals surface area contributed by atoms with Gasteiger partial charge in [0.25, 0.3) is 0 Å². The van der Waals surface area contributed by atoms with Crippen LogP contribution in [0, 0.1) is 0 Å². The summed E-state index contributed by atoms with van der Waals surface area (Å²) in [4.78, 5) is 14.6. The van der Waals surface area contributed by atoms with E-state index in [4.69, 9.17) is 11.6 Å². The molecule has 1 N–H and O–H groups in total. The second kappa shape index (κ2) is 10.6. The van der Waals surface area contributed by atoms with Gasteiger partial charge in [0.2, 0.25) is 15.9 Å². The van der Waals surface area contributed by atoms with Crippen molar-refractivity contribution in [3.8, 4) is 0 Å². The Hall–Kier alpha value is -1.58. The highest BCUT2D eigenvalue weighted by molar-refractivity contribution is 7.99. The highest BCUT2D eigenvalue weighted by atomic mass is 35.5. The van der Waals surface area contributed by atoms with Gasteiger partial charge < -0.3 is 10.2 Å². The fraction of sp³-hybridized carbons (Fsp3) is 0.381. The van der Waals surface area contributed by atoms with Crippen molar-refractivity contribution in [1.82, 2.24) is 9.21 Å². The number of amides is 1. The van der Waals surface area contributed by atoms with Crippen LogP contribution in [-0.4, -0.2) is 62.0 Å². The van der Waals surface area contributed by atoms with Gasteiger partial charge in [0.15, 0.2) is 0 Å². The Morgan fingerprint density at radius 2 is 1.67 bits per heavy atom. The lowest BCUT2D eigenvalue weighted by atomic mass is 10.2. The van der Waals surface area contributed by atoms with Crippen molar-refractivity contribution in [2.24, 2.45) is 0 Å². The van der Waals surface area contributed by atoms with Crippen LogP contribution >= 0.6 is 23.4 Å². The van der Waals surface area contributed by atoms with Crippen molar-refractivity contribution >= 4 is 45.0 Å². The quantitative estimate of drug-likeness (QED) is 0.643. The molecule has 162 valence electrons. The predicted molar refractivity (Wildman–Crippen MR) is 124 cm³/mol. The Bertz CT molecular complexity index is 942. The molecule has 0 aliphatic carbocycles. The lowest BCUT2D eigenvalue weighted by Gasteiger charge is -2.33. The number of likely N-dealkylation sites (N-methyl/N-ethyl adjacent to an activating group) is 1. The summed E-state index contributed by atoms with van der Waals surface area (Å²) >= 11 is 7.37. The van der Waals surface area contributed by atoms with Gasteiger partial charge in [-0.15, -0.1) is 11.8 Å². The van der Waals surface area contributed by atoms with Crippen LogP contribution in [0.2, 0.25) is 5.02 Å². The Kier molecular flexibility index (Phi) is 8.19. The number of rotatable bonds is 8. The summed E-state index contributed by atoms with van der Waals surface area (Å²) in [7, 11) is -3.51. The molecule has 2 aromatic rings. The number of hydrogen-bond acceptors (Lipinski definition) is 5. The van der Waals surface area contributed by atoms with E-state index < -0.39 is 10.0 Å². The van der Waals surface area contributed by atoms with Gasteiger partial charge >= 0.3 is 0 Å². The van der Waals surface area contributed by atoms with E-state index in [2.05, 4.69) is 17.1 Å². The lowest BCUT2D eigenvalue weighted by molar-refractivity contribution is -0.113. The molecule has 30 heavy (non-hydrogen) atoms. The number of carbonyl (C=O) groups excluding carboxylic acids is 1. The number of thioether (sulfide) groups is 1. The van der Waals surface area contributed by atoms with Crippen molar-refractivity contribution in [2.75, 3.05) is 43.8 Å².